The van der Waals surface area contributed by atoms with Crippen LogP contribution in [0.1, 0.15) is 32.3 Å². The van der Waals surface area contributed by atoms with Gasteiger partial charge in [-0.2, -0.15) is 0 Å². The topological polar surface area (TPSA) is 32.3 Å². The van der Waals surface area contributed by atoms with E-state index in [4.69, 9.17) is 5.11 Å². The molecule has 1 atom stereocenters. The molecule has 0 aromatic heterocycles. The van der Waals surface area contributed by atoms with E-state index >= 15 is 0 Å². The molecular weight excluding hydrogens is 174 g/mol. The van der Waals surface area contributed by atoms with E-state index in [2.05, 4.69) is 31.3 Å². The molecule has 0 heterocycles. The molecule has 0 bridgehead atoms. The standard InChI is InChI=1S/C12H19NO/c1-9(2)11-5-4-6-12(7-11)13-8-10(3)14/h4-7,9-10,13-14H,8H2,1-3H3/t10-/m0/s1. The summed E-state index contributed by atoms with van der Waals surface area (Å²) in [5.74, 6) is 0.545. The summed E-state index contributed by atoms with van der Waals surface area (Å²) in [6, 6.07) is 8.32. The molecule has 0 amide bonds. The van der Waals surface area contributed by atoms with Crippen molar-refractivity contribution in [3.63, 3.8) is 0 Å². The minimum absolute atomic E-state index is 0.308. The Labute approximate surface area is 86.0 Å². The molecule has 1 rings (SSSR count). The SMILES string of the molecule is CC(C)c1cccc(NC[C@H](C)O)c1. The highest BCUT2D eigenvalue weighted by atomic mass is 16.3. The molecular formula is C12H19NO. The van der Waals surface area contributed by atoms with Crippen molar-refractivity contribution >= 4 is 5.69 Å². The molecule has 0 spiro atoms. The predicted octanol–water partition coefficient (Wildman–Crippen LogP) is 2.60. The Bertz CT molecular complexity index is 281. The number of anilines is 1. The van der Waals surface area contributed by atoms with Crippen LogP contribution in [-0.2, 0) is 0 Å². The van der Waals surface area contributed by atoms with Crippen molar-refractivity contribution in [3.05, 3.63) is 29.8 Å². The Morgan fingerprint density at radius 3 is 2.57 bits per heavy atom. The number of nitrogens with one attached hydrogen (secondary N) is 1. The van der Waals surface area contributed by atoms with Crippen LogP contribution >= 0.6 is 0 Å². The first-order valence-electron chi connectivity index (χ1n) is 5.11. The summed E-state index contributed by atoms with van der Waals surface area (Å²) in [7, 11) is 0. The van der Waals surface area contributed by atoms with E-state index in [1.165, 1.54) is 5.56 Å². The van der Waals surface area contributed by atoms with Crippen LogP contribution in [0.4, 0.5) is 5.69 Å². The third kappa shape index (κ3) is 3.38. The molecule has 0 aliphatic rings. The highest BCUT2D eigenvalue weighted by Crippen LogP contribution is 2.18. The summed E-state index contributed by atoms with van der Waals surface area (Å²) in [6.07, 6.45) is -0.308. The van der Waals surface area contributed by atoms with Crippen LogP contribution in [-0.4, -0.2) is 17.8 Å². The molecule has 2 nitrogen and oxygen atoms in total. The zero-order valence-corrected chi connectivity index (χ0v) is 9.12. The zero-order valence-electron chi connectivity index (χ0n) is 9.12. The second kappa shape index (κ2) is 5.01. The van der Waals surface area contributed by atoms with Crippen molar-refractivity contribution in [1.29, 1.82) is 0 Å². The first-order valence-corrected chi connectivity index (χ1v) is 5.11. The van der Waals surface area contributed by atoms with Crippen molar-refractivity contribution in [2.45, 2.75) is 32.8 Å². The molecule has 1 aromatic rings. The largest absolute Gasteiger partial charge is 0.392 e. The Hall–Kier alpha value is -1.02. The molecule has 14 heavy (non-hydrogen) atoms. The highest BCUT2D eigenvalue weighted by molar-refractivity contribution is 5.46. The minimum Gasteiger partial charge on any atom is -0.392 e. The Morgan fingerprint density at radius 2 is 2.00 bits per heavy atom. The van der Waals surface area contributed by atoms with Crippen molar-refractivity contribution in [1.82, 2.24) is 0 Å². The van der Waals surface area contributed by atoms with Crippen LogP contribution in [0, 0.1) is 0 Å². The van der Waals surface area contributed by atoms with Crippen LogP contribution in [0.3, 0.4) is 0 Å². The van der Waals surface area contributed by atoms with Crippen LogP contribution in [0.5, 0.6) is 0 Å². The maximum absolute atomic E-state index is 9.13. The number of benzene rings is 1. The van der Waals surface area contributed by atoms with Gasteiger partial charge in [-0.1, -0.05) is 26.0 Å². The van der Waals surface area contributed by atoms with Crippen LogP contribution in [0.25, 0.3) is 0 Å². The van der Waals surface area contributed by atoms with Crippen molar-refractivity contribution in [2.75, 3.05) is 11.9 Å². The number of hydrogen-bond donors (Lipinski definition) is 2. The Morgan fingerprint density at radius 1 is 1.29 bits per heavy atom. The lowest BCUT2D eigenvalue weighted by atomic mass is 10.0. The summed E-state index contributed by atoms with van der Waals surface area (Å²) in [6.45, 7) is 6.72. The van der Waals surface area contributed by atoms with Crippen LogP contribution < -0.4 is 5.32 Å². The zero-order chi connectivity index (χ0) is 10.6. The lowest BCUT2D eigenvalue weighted by Gasteiger charge is -2.11. The van der Waals surface area contributed by atoms with Gasteiger partial charge in [0.15, 0.2) is 0 Å². The molecule has 2 heteroatoms. The van der Waals surface area contributed by atoms with Gasteiger partial charge in [0.1, 0.15) is 0 Å². The smallest absolute Gasteiger partial charge is 0.0684 e. The van der Waals surface area contributed by atoms with Crippen molar-refractivity contribution in [2.24, 2.45) is 0 Å². The predicted molar refractivity (Wildman–Crippen MR) is 60.7 cm³/mol. The minimum atomic E-state index is -0.308. The normalized spacial score (nSPS) is 12.9. The molecule has 1 aromatic carbocycles. The van der Waals surface area contributed by atoms with Crippen LogP contribution in [0.2, 0.25) is 0 Å². The number of rotatable bonds is 4. The fourth-order valence-corrected chi connectivity index (χ4v) is 1.27. The van der Waals surface area contributed by atoms with E-state index in [-0.39, 0.29) is 6.10 Å². The monoisotopic (exact) mass is 193 g/mol. The van der Waals surface area contributed by atoms with Gasteiger partial charge in [0, 0.05) is 12.2 Å². The molecule has 0 fully saturated rings. The van der Waals surface area contributed by atoms with Gasteiger partial charge in [-0.05, 0) is 30.5 Å². The maximum atomic E-state index is 9.13. The van der Waals surface area contributed by atoms with Gasteiger partial charge in [-0.25, -0.2) is 0 Å². The van der Waals surface area contributed by atoms with Crippen LogP contribution in [0.15, 0.2) is 24.3 Å². The van der Waals surface area contributed by atoms with Gasteiger partial charge in [0.05, 0.1) is 6.10 Å². The summed E-state index contributed by atoms with van der Waals surface area (Å²) in [5.41, 5.74) is 2.40. The van der Waals surface area contributed by atoms with Crippen molar-refractivity contribution < 1.29 is 5.11 Å². The summed E-state index contributed by atoms with van der Waals surface area (Å²) >= 11 is 0. The third-order valence-corrected chi connectivity index (χ3v) is 2.15. The van der Waals surface area contributed by atoms with E-state index in [1.54, 1.807) is 6.92 Å². The van der Waals surface area contributed by atoms with Gasteiger partial charge >= 0.3 is 0 Å². The second-order valence-electron chi connectivity index (χ2n) is 4.01. The number of aliphatic hydroxyl groups is 1. The van der Waals surface area contributed by atoms with Gasteiger partial charge < -0.3 is 10.4 Å². The molecule has 0 aliphatic carbocycles. The van der Waals surface area contributed by atoms with Crippen molar-refractivity contribution in [3.8, 4) is 0 Å². The lowest BCUT2D eigenvalue weighted by molar-refractivity contribution is 0.208. The Kier molecular flexibility index (Phi) is 3.96. The first kappa shape index (κ1) is 11.1. The summed E-state index contributed by atoms with van der Waals surface area (Å²) < 4.78 is 0. The molecule has 78 valence electrons. The summed E-state index contributed by atoms with van der Waals surface area (Å²) in [5, 5.41) is 12.3. The maximum Gasteiger partial charge on any atom is 0.0684 e. The average molecular weight is 193 g/mol. The second-order valence-corrected chi connectivity index (χ2v) is 4.01. The fraction of sp³-hybridized carbons (Fsp3) is 0.500. The molecule has 0 aliphatic heterocycles. The Balaban J connectivity index is 2.64. The fourth-order valence-electron chi connectivity index (χ4n) is 1.27. The van der Waals surface area contributed by atoms with Gasteiger partial charge in [-0.15, -0.1) is 0 Å². The summed E-state index contributed by atoms with van der Waals surface area (Å²) in [4.78, 5) is 0. The quantitative estimate of drug-likeness (QED) is 0.770. The first-order chi connectivity index (χ1) is 6.59. The average Bonchev–Trinajstić information content (AvgIpc) is 2.15. The van der Waals surface area contributed by atoms with E-state index < -0.39 is 0 Å². The lowest BCUT2D eigenvalue weighted by Crippen LogP contribution is -2.15. The van der Waals surface area contributed by atoms with E-state index in [9.17, 15) is 0 Å². The molecule has 0 unspecified atom stereocenters. The van der Waals surface area contributed by atoms with E-state index in [1.807, 2.05) is 12.1 Å². The molecule has 2 N–H and O–H groups in total. The van der Waals surface area contributed by atoms with Gasteiger partial charge in [0.25, 0.3) is 0 Å². The van der Waals surface area contributed by atoms with Gasteiger partial charge in [-0.3, -0.25) is 0 Å². The third-order valence-electron chi connectivity index (χ3n) is 2.15. The van der Waals surface area contributed by atoms with E-state index in [0.717, 1.165) is 5.69 Å². The van der Waals surface area contributed by atoms with E-state index in [0.29, 0.717) is 12.5 Å². The highest BCUT2D eigenvalue weighted by Gasteiger charge is 2.00. The van der Waals surface area contributed by atoms with Gasteiger partial charge in [0.2, 0.25) is 0 Å². The molecule has 0 saturated heterocycles. The number of hydrogen-bond acceptors (Lipinski definition) is 2. The molecule has 0 radical (unpaired) electrons. The number of aliphatic hydroxyl groups excluding tert-OH is 1. The molecule has 0 saturated carbocycles.